The molecule has 0 aliphatic carbocycles. The van der Waals surface area contributed by atoms with Gasteiger partial charge in [-0.25, -0.2) is 4.98 Å². The second-order valence-electron chi connectivity index (χ2n) is 5.04. The molecule has 0 aromatic carbocycles. The van der Waals surface area contributed by atoms with Crippen LogP contribution in [0.1, 0.15) is 29.4 Å². The number of hydrogen-bond acceptors (Lipinski definition) is 6. The van der Waals surface area contributed by atoms with Gasteiger partial charge in [0, 0.05) is 26.7 Å². The second kappa shape index (κ2) is 6.90. The Morgan fingerprint density at radius 2 is 2.20 bits per heavy atom. The van der Waals surface area contributed by atoms with Crippen LogP contribution in [0.2, 0.25) is 0 Å². The van der Waals surface area contributed by atoms with Crippen LogP contribution >= 0.6 is 11.3 Å². The van der Waals surface area contributed by atoms with Gasteiger partial charge < -0.3 is 20.9 Å². The second-order valence-corrected chi connectivity index (χ2v) is 6.04. The van der Waals surface area contributed by atoms with Gasteiger partial charge in [-0.2, -0.15) is 0 Å². The number of carbonyl (C=O) groups excluding carboxylic acids is 1. The third-order valence-corrected chi connectivity index (χ3v) is 4.49. The Kier molecular flexibility index (Phi) is 5.19. The molecule has 112 valence electrons. The highest BCUT2D eigenvalue weighted by atomic mass is 32.1. The van der Waals surface area contributed by atoms with E-state index in [-0.39, 0.29) is 5.91 Å². The van der Waals surface area contributed by atoms with Crippen molar-refractivity contribution in [3.63, 3.8) is 0 Å². The van der Waals surface area contributed by atoms with Gasteiger partial charge in [-0.3, -0.25) is 4.79 Å². The fourth-order valence-corrected chi connectivity index (χ4v) is 3.23. The molecule has 2 rings (SSSR count). The number of rotatable bonds is 6. The molecule has 0 bridgehead atoms. The lowest BCUT2D eigenvalue weighted by Crippen LogP contribution is -2.35. The highest BCUT2D eigenvalue weighted by Gasteiger charge is 2.20. The average molecular weight is 297 g/mol. The van der Waals surface area contributed by atoms with Gasteiger partial charge in [0.05, 0.1) is 0 Å². The number of nitrogens with two attached hydrogens (primary N) is 1. The zero-order chi connectivity index (χ0) is 14.5. The van der Waals surface area contributed by atoms with E-state index < -0.39 is 0 Å². The van der Waals surface area contributed by atoms with E-state index in [1.165, 1.54) is 24.2 Å². The van der Waals surface area contributed by atoms with Crippen molar-refractivity contribution in [1.29, 1.82) is 0 Å². The summed E-state index contributed by atoms with van der Waals surface area (Å²) in [5.41, 5.74) is 5.83. The number of nitrogen functional groups attached to an aromatic ring is 1. The standard InChI is InChI=1S/C13H23N5OS/c1-3-15-13-16-11(14)10(20-13)12(19)17(2)8-9-18-6-4-5-7-18/h3-9,14H2,1-2H3,(H,15,16). The molecule has 0 spiro atoms. The Labute approximate surface area is 124 Å². The van der Waals surface area contributed by atoms with Crippen molar-refractivity contribution in [2.24, 2.45) is 0 Å². The molecular formula is C13H23N5OS. The van der Waals surface area contributed by atoms with Crippen molar-refractivity contribution in [1.82, 2.24) is 14.8 Å². The summed E-state index contributed by atoms with van der Waals surface area (Å²) in [4.78, 5) is 21.2. The van der Waals surface area contributed by atoms with E-state index in [0.29, 0.717) is 15.8 Å². The van der Waals surface area contributed by atoms with Crippen LogP contribution in [0.15, 0.2) is 0 Å². The largest absolute Gasteiger partial charge is 0.382 e. The average Bonchev–Trinajstić information content (AvgIpc) is 3.05. The van der Waals surface area contributed by atoms with Crippen molar-refractivity contribution < 1.29 is 4.79 Å². The van der Waals surface area contributed by atoms with Crippen molar-refractivity contribution in [2.75, 3.05) is 50.8 Å². The molecule has 1 aromatic rings. The van der Waals surface area contributed by atoms with Crippen LogP contribution in [-0.2, 0) is 0 Å². The van der Waals surface area contributed by atoms with Crippen molar-refractivity contribution in [3.8, 4) is 0 Å². The summed E-state index contributed by atoms with van der Waals surface area (Å²) in [7, 11) is 1.82. The van der Waals surface area contributed by atoms with E-state index >= 15 is 0 Å². The normalized spacial score (nSPS) is 15.5. The fraction of sp³-hybridized carbons (Fsp3) is 0.692. The first kappa shape index (κ1) is 15.1. The van der Waals surface area contributed by atoms with Gasteiger partial charge in [-0.05, 0) is 32.9 Å². The number of carbonyl (C=O) groups is 1. The quantitative estimate of drug-likeness (QED) is 0.828. The van der Waals surface area contributed by atoms with E-state index in [4.69, 9.17) is 5.73 Å². The maximum absolute atomic E-state index is 12.4. The summed E-state index contributed by atoms with van der Waals surface area (Å²) in [6.07, 6.45) is 2.54. The number of hydrogen-bond donors (Lipinski definition) is 2. The number of nitrogens with one attached hydrogen (secondary N) is 1. The van der Waals surface area contributed by atoms with Crippen LogP contribution in [0.4, 0.5) is 10.9 Å². The monoisotopic (exact) mass is 297 g/mol. The molecule has 6 nitrogen and oxygen atoms in total. The Morgan fingerprint density at radius 1 is 1.50 bits per heavy atom. The lowest BCUT2D eigenvalue weighted by molar-refractivity contribution is 0.0788. The van der Waals surface area contributed by atoms with Gasteiger partial charge in [0.15, 0.2) is 5.13 Å². The minimum atomic E-state index is -0.0386. The minimum Gasteiger partial charge on any atom is -0.382 e. The molecule has 3 N–H and O–H groups in total. The highest BCUT2D eigenvalue weighted by molar-refractivity contribution is 7.18. The van der Waals surface area contributed by atoms with Crippen LogP contribution in [0.25, 0.3) is 0 Å². The van der Waals surface area contributed by atoms with Gasteiger partial charge in [0.25, 0.3) is 5.91 Å². The van der Waals surface area contributed by atoms with Crippen LogP contribution < -0.4 is 11.1 Å². The van der Waals surface area contributed by atoms with E-state index in [9.17, 15) is 4.79 Å². The van der Waals surface area contributed by atoms with Gasteiger partial charge >= 0.3 is 0 Å². The molecule has 20 heavy (non-hydrogen) atoms. The summed E-state index contributed by atoms with van der Waals surface area (Å²) in [5.74, 6) is 0.285. The molecule has 1 fully saturated rings. The smallest absolute Gasteiger partial charge is 0.267 e. The Morgan fingerprint density at radius 3 is 2.85 bits per heavy atom. The first-order chi connectivity index (χ1) is 9.61. The van der Waals surface area contributed by atoms with Crippen molar-refractivity contribution >= 4 is 28.2 Å². The first-order valence-electron chi connectivity index (χ1n) is 7.09. The number of thiazole rings is 1. The van der Waals surface area contributed by atoms with Gasteiger partial charge in [-0.15, -0.1) is 0 Å². The van der Waals surface area contributed by atoms with Crippen LogP contribution in [0.5, 0.6) is 0 Å². The fourth-order valence-electron chi connectivity index (χ4n) is 2.28. The predicted octanol–water partition coefficient (Wildman–Crippen LogP) is 1.32. The topological polar surface area (TPSA) is 74.5 Å². The molecule has 2 heterocycles. The molecule has 1 saturated heterocycles. The number of likely N-dealkylation sites (tertiary alicyclic amines) is 1. The van der Waals surface area contributed by atoms with Gasteiger partial charge in [0.1, 0.15) is 10.7 Å². The summed E-state index contributed by atoms with van der Waals surface area (Å²) in [6, 6.07) is 0. The van der Waals surface area contributed by atoms with E-state index in [1.54, 1.807) is 4.90 Å². The molecule has 1 amide bonds. The number of amides is 1. The molecule has 0 atom stereocenters. The third-order valence-electron chi connectivity index (χ3n) is 3.47. The van der Waals surface area contributed by atoms with Crippen LogP contribution in [0.3, 0.4) is 0 Å². The van der Waals surface area contributed by atoms with Crippen LogP contribution in [-0.4, -0.2) is 60.5 Å². The minimum absolute atomic E-state index is 0.0386. The van der Waals surface area contributed by atoms with Gasteiger partial charge in [-0.1, -0.05) is 11.3 Å². The zero-order valence-corrected chi connectivity index (χ0v) is 13.0. The number of aromatic nitrogens is 1. The van der Waals surface area contributed by atoms with Gasteiger partial charge in [0.2, 0.25) is 0 Å². The molecule has 7 heteroatoms. The number of likely N-dealkylation sites (N-methyl/N-ethyl adjacent to an activating group) is 1. The summed E-state index contributed by atoms with van der Waals surface area (Å²) in [6.45, 7) is 6.71. The molecular weight excluding hydrogens is 274 g/mol. The molecule has 0 unspecified atom stereocenters. The molecule has 1 aliphatic rings. The maximum Gasteiger partial charge on any atom is 0.267 e. The SMILES string of the molecule is CCNc1nc(N)c(C(=O)N(C)CCN2CCCC2)s1. The molecule has 1 aromatic heterocycles. The highest BCUT2D eigenvalue weighted by Crippen LogP contribution is 2.25. The Hall–Kier alpha value is -1.34. The number of nitrogens with zero attached hydrogens (tertiary/aromatic N) is 3. The first-order valence-corrected chi connectivity index (χ1v) is 7.91. The summed E-state index contributed by atoms with van der Waals surface area (Å²) >= 11 is 1.33. The van der Waals surface area contributed by atoms with E-state index in [2.05, 4.69) is 15.2 Å². The summed E-state index contributed by atoms with van der Waals surface area (Å²) in [5, 5.41) is 3.80. The lowest BCUT2D eigenvalue weighted by Gasteiger charge is -2.21. The van der Waals surface area contributed by atoms with E-state index in [0.717, 1.165) is 32.7 Å². The Bertz CT molecular complexity index is 456. The predicted molar refractivity (Wildman–Crippen MR) is 83.3 cm³/mol. The number of anilines is 2. The van der Waals surface area contributed by atoms with Crippen LogP contribution in [0, 0.1) is 0 Å². The third kappa shape index (κ3) is 3.61. The maximum atomic E-state index is 12.4. The molecule has 1 aliphatic heterocycles. The summed E-state index contributed by atoms with van der Waals surface area (Å²) < 4.78 is 0. The van der Waals surface area contributed by atoms with E-state index in [1.807, 2.05) is 14.0 Å². The van der Waals surface area contributed by atoms with Crippen molar-refractivity contribution in [2.45, 2.75) is 19.8 Å². The molecule has 0 saturated carbocycles. The van der Waals surface area contributed by atoms with Crippen molar-refractivity contribution in [3.05, 3.63) is 4.88 Å². The lowest BCUT2D eigenvalue weighted by atomic mass is 10.4. The molecule has 0 radical (unpaired) electrons. The Balaban J connectivity index is 1.91. The zero-order valence-electron chi connectivity index (χ0n) is 12.2.